The normalized spacial score (nSPS) is 13.5. The van der Waals surface area contributed by atoms with Gasteiger partial charge in [-0.3, -0.25) is 4.68 Å². The molecule has 0 radical (unpaired) electrons. The summed E-state index contributed by atoms with van der Waals surface area (Å²) in [6, 6.07) is 0.420. The lowest BCUT2D eigenvalue weighted by Gasteiger charge is -2.17. The summed E-state index contributed by atoms with van der Waals surface area (Å²) in [4.78, 5) is 0. The molecular formula is C11H20BrN3. The van der Waals surface area contributed by atoms with Crippen molar-refractivity contribution >= 4 is 15.9 Å². The van der Waals surface area contributed by atoms with E-state index < -0.39 is 0 Å². The highest BCUT2D eigenvalue weighted by Gasteiger charge is 2.17. The van der Waals surface area contributed by atoms with Crippen LogP contribution < -0.4 is 5.32 Å². The second-order valence-electron chi connectivity index (χ2n) is 4.21. The highest BCUT2D eigenvalue weighted by Crippen LogP contribution is 2.28. The Balaban J connectivity index is 2.85. The fourth-order valence-electron chi connectivity index (χ4n) is 1.72. The molecule has 1 aromatic heterocycles. The molecular weight excluding hydrogens is 254 g/mol. The Morgan fingerprint density at radius 2 is 2.13 bits per heavy atom. The Morgan fingerprint density at radius 1 is 1.47 bits per heavy atom. The highest BCUT2D eigenvalue weighted by molar-refractivity contribution is 9.10. The molecule has 0 spiro atoms. The lowest BCUT2D eigenvalue weighted by Crippen LogP contribution is -2.15. The van der Waals surface area contributed by atoms with E-state index in [9.17, 15) is 0 Å². The molecule has 1 rings (SSSR count). The monoisotopic (exact) mass is 273 g/mol. The van der Waals surface area contributed by atoms with E-state index in [1.165, 1.54) is 5.69 Å². The van der Waals surface area contributed by atoms with E-state index in [2.05, 4.69) is 51.8 Å². The van der Waals surface area contributed by atoms with Crippen LogP contribution in [0.1, 0.15) is 44.8 Å². The fraction of sp³-hybridized carbons (Fsp3) is 0.727. The van der Waals surface area contributed by atoms with Crippen molar-refractivity contribution in [1.82, 2.24) is 15.1 Å². The summed E-state index contributed by atoms with van der Waals surface area (Å²) in [5.41, 5.74) is 1.31. The molecule has 0 aliphatic rings. The Kier molecular flexibility index (Phi) is 4.80. The van der Waals surface area contributed by atoms with Crippen molar-refractivity contribution in [1.29, 1.82) is 0 Å². The summed E-state index contributed by atoms with van der Waals surface area (Å²) in [5, 5.41) is 7.58. The standard InChI is InChI=1S/C11H20BrN3/c1-8(2)15-11(10(12)7-14-15)9(3)5-6-13-4/h7-9,13H,5-6H2,1-4H3. The third-order valence-corrected chi connectivity index (χ3v) is 3.18. The Bertz CT molecular complexity index is 307. The topological polar surface area (TPSA) is 29.9 Å². The maximum atomic E-state index is 4.39. The summed E-state index contributed by atoms with van der Waals surface area (Å²) < 4.78 is 3.23. The van der Waals surface area contributed by atoms with Crippen molar-refractivity contribution in [3.8, 4) is 0 Å². The molecule has 4 heteroatoms. The molecule has 0 saturated heterocycles. The van der Waals surface area contributed by atoms with Crippen LogP contribution >= 0.6 is 15.9 Å². The zero-order valence-electron chi connectivity index (χ0n) is 9.92. The van der Waals surface area contributed by atoms with Crippen molar-refractivity contribution in [2.45, 2.75) is 39.2 Å². The second-order valence-corrected chi connectivity index (χ2v) is 5.06. The molecule has 1 unspecified atom stereocenters. The van der Waals surface area contributed by atoms with Crippen molar-refractivity contribution < 1.29 is 0 Å². The van der Waals surface area contributed by atoms with Gasteiger partial charge >= 0.3 is 0 Å². The van der Waals surface area contributed by atoms with Gasteiger partial charge in [-0.05, 0) is 49.8 Å². The summed E-state index contributed by atoms with van der Waals surface area (Å²) in [5.74, 6) is 0.525. The third-order valence-electron chi connectivity index (χ3n) is 2.57. The van der Waals surface area contributed by atoms with Gasteiger partial charge in [0.05, 0.1) is 16.4 Å². The number of rotatable bonds is 5. The van der Waals surface area contributed by atoms with Crippen LogP contribution in [0, 0.1) is 0 Å². The minimum absolute atomic E-state index is 0.420. The van der Waals surface area contributed by atoms with Crippen LogP contribution in [-0.4, -0.2) is 23.4 Å². The van der Waals surface area contributed by atoms with Crippen LogP contribution in [0.15, 0.2) is 10.7 Å². The van der Waals surface area contributed by atoms with Gasteiger partial charge in [0.15, 0.2) is 0 Å². The zero-order valence-corrected chi connectivity index (χ0v) is 11.5. The molecule has 15 heavy (non-hydrogen) atoms. The molecule has 1 aromatic rings. The first-order chi connectivity index (χ1) is 7.07. The third kappa shape index (κ3) is 3.05. The van der Waals surface area contributed by atoms with Crippen LogP contribution in [0.5, 0.6) is 0 Å². The molecule has 0 bridgehead atoms. The van der Waals surface area contributed by atoms with E-state index in [0.29, 0.717) is 12.0 Å². The molecule has 0 amide bonds. The van der Waals surface area contributed by atoms with Crippen LogP contribution in [-0.2, 0) is 0 Å². The highest BCUT2D eigenvalue weighted by atomic mass is 79.9. The van der Waals surface area contributed by atoms with Gasteiger partial charge in [-0.1, -0.05) is 6.92 Å². The Labute approximate surface area is 100 Å². The van der Waals surface area contributed by atoms with E-state index >= 15 is 0 Å². The molecule has 1 heterocycles. The van der Waals surface area contributed by atoms with E-state index in [-0.39, 0.29) is 0 Å². The smallest absolute Gasteiger partial charge is 0.0635 e. The van der Waals surface area contributed by atoms with Gasteiger partial charge in [-0.2, -0.15) is 5.10 Å². The number of hydrogen-bond donors (Lipinski definition) is 1. The van der Waals surface area contributed by atoms with Gasteiger partial charge in [0, 0.05) is 12.0 Å². The molecule has 0 saturated carbocycles. The van der Waals surface area contributed by atoms with Crippen molar-refractivity contribution in [3.05, 3.63) is 16.4 Å². The first-order valence-electron chi connectivity index (χ1n) is 5.45. The predicted octanol–water partition coefficient (Wildman–Crippen LogP) is 2.94. The van der Waals surface area contributed by atoms with Crippen LogP contribution in [0.3, 0.4) is 0 Å². The molecule has 0 fully saturated rings. The molecule has 1 N–H and O–H groups in total. The molecule has 86 valence electrons. The lowest BCUT2D eigenvalue weighted by atomic mass is 10.0. The van der Waals surface area contributed by atoms with Gasteiger partial charge in [0.1, 0.15) is 0 Å². The van der Waals surface area contributed by atoms with E-state index in [1.807, 2.05) is 13.2 Å². The zero-order chi connectivity index (χ0) is 11.4. The van der Waals surface area contributed by atoms with E-state index in [4.69, 9.17) is 0 Å². The molecule has 1 atom stereocenters. The predicted molar refractivity (Wildman–Crippen MR) is 67.3 cm³/mol. The van der Waals surface area contributed by atoms with Gasteiger partial charge in [-0.15, -0.1) is 0 Å². The number of nitrogens with one attached hydrogen (secondary N) is 1. The minimum Gasteiger partial charge on any atom is -0.320 e. The van der Waals surface area contributed by atoms with Gasteiger partial charge < -0.3 is 5.32 Å². The molecule has 0 aromatic carbocycles. The largest absolute Gasteiger partial charge is 0.320 e. The lowest BCUT2D eigenvalue weighted by molar-refractivity contribution is 0.479. The number of hydrogen-bond acceptors (Lipinski definition) is 2. The molecule has 0 aliphatic heterocycles. The Hall–Kier alpha value is -0.350. The van der Waals surface area contributed by atoms with Crippen molar-refractivity contribution in [2.75, 3.05) is 13.6 Å². The number of halogens is 1. The average molecular weight is 274 g/mol. The Morgan fingerprint density at radius 3 is 2.67 bits per heavy atom. The summed E-state index contributed by atoms with van der Waals surface area (Å²) in [6.07, 6.45) is 3.03. The van der Waals surface area contributed by atoms with Crippen LogP contribution in [0.25, 0.3) is 0 Å². The molecule has 3 nitrogen and oxygen atoms in total. The first kappa shape index (κ1) is 12.7. The van der Waals surface area contributed by atoms with Crippen LogP contribution in [0.4, 0.5) is 0 Å². The van der Waals surface area contributed by atoms with E-state index in [0.717, 1.165) is 17.4 Å². The van der Waals surface area contributed by atoms with Gasteiger partial charge in [-0.25, -0.2) is 0 Å². The SMILES string of the molecule is CNCCC(C)c1c(Br)cnn1C(C)C. The quantitative estimate of drug-likeness (QED) is 0.894. The number of nitrogens with zero attached hydrogens (tertiary/aromatic N) is 2. The first-order valence-corrected chi connectivity index (χ1v) is 6.24. The molecule has 0 aliphatic carbocycles. The van der Waals surface area contributed by atoms with Gasteiger partial charge in [0.25, 0.3) is 0 Å². The number of aromatic nitrogens is 2. The average Bonchev–Trinajstić information content (AvgIpc) is 2.56. The summed E-state index contributed by atoms with van der Waals surface area (Å²) in [6.45, 7) is 7.61. The van der Waals surface area contributed by atoms with Crippen molar-refractivity contribution in [2.24, 2.45) is 0 Å². The van der Waals surface area contributed by atoms with Crippen LogP contribution in [0.2, 0.25) is 0 Å². The van der Waals surface area contributed by atoms with Crippen molar-refractivity contribution in [3.63, 3.8) is 0 Å². The second kappa shape index (κ2) is 5.66. The summed E-state index contributed by atoms with van der Waals surface area (Å²) in [7, 11) is 1.99. The summed E-state index contributed by atoms with van der Waals surface area (Å²) >= 11 is 3.57. The van der Waals surface area contributed by atoms with E-state index in [1.54, 1.807) is 0 Å². The fourth-order valence-corrected chi connectivity index (χ4v) is 2.38. The maximum Gasteiger partial charge on any atom is 0.0635 e. The van der Waals surface area contributed by atoms with Gasteiger partial charge in [0.2, 0.25) is 0 Å². The minimum atomic E-state index is 0.420. The maximum absolute atomic E-state index is 4.39.